The van der Waals surface area contributed by atoms with Crippen molar-refractivity contribution < 1.29 is 14.6 Å². The molecule has 2 fully saturated rings. The molecule has 4 nitrogen and oxygen atoms in total. The highest BCUT2D eigenvalue weighted by molar-refractivity contribution is 5.68. The third-order valence-electron chi connectivity index (χ3n) is 4.81. The highest BCUT2D eigenvalue weighted by Crippen LogP contribution is 2.36. The molecule has 0 spiro atoms. The molecule has 4 unspecified atom stereocenters. The average molecular weight is 297 g/mol. The summed E-state index contributed by atoms with van der Waals surface area (Å²) in [5.41, 5.74) is -0.462. The van der Waals surface area contributed by atoms with Crippen LogP contribution >= 0.6 is 0 Å². The number of likely N-dealkylation sites (tertiary alicyclic amines) is 1. The van der Waals surface area contributed by atoms with Gasteiger partial charge in [0, 0.05) is 18.5 Å². The minimum absolute atomic E-state index is 0.138. The van der Waals surface area contributed by atoms with E-state index in [9.17, 15) is 9.90 Å². The van der Waals surface area contributed by atoms with E-state index < -0.39 is 5.60 Å². The van der Waals surface area contributed by atoms with Crippen molar-refractivity contribution in [2.24, 2.45) is 11.8 Å². The fraction of sp³-hybridized carbons (Fsp3) is 0.941. The molecule has 1 aliphatic heterocycles. The fourth-order valence-electron chi connectivity index (χ4n) is 3.72. The normalized spacial score (nSPS) is 34.6. The second-order valence-electron chi connectivity index (χ2n) is 7.89. The van der Waals surface area contributed by atoms with E-state index in [1.165, 1.54) is 0 Å². The zero-order valence-corrected chi connectivity index (χ0v) is 14.0. The van der Waals surface area contributed by atoms with Crippen LogP contribution in [0, 0.1) is 11.8 Å². The molecule has 2 rings (SSSR count). The van der Waals surface area contributed by atoms with Crippen molar-refractivity contribution in [3.8, 4) is 0 Å². The van der Waals surface area contributed by atoms with Crippen molar-refractivity contribution >= 4 is 6.09 Å². The SMILES string of the molecule is CC1CCN(C(=O)OC(C)(C)C)C(C2CCCCC2O)C1. The minimum Gasteiger partial charge on any atom is -0.444 e. The summed E-state index contributed by atoms with van der Waals surface area (Å²) in [5, 5.41) is 10.4. The number of rotatable bonds is 1. The topological polar surface area (TPSA) is 49.8 Å². The van der Waals surface area contributed by atoms with E-state index in [0.717, 1.165) is 45.1 Å². The molecule has 1 aliphatic carbocycles. The molecule has 1 N–H and O–H groups in total. The van der Waals surface area contributed by atoms with Gasteiger partial charge in [-0.1, -0.05) is 19.8 Å². The van der Waals surface area contributed by atoms with Crippen LogP contribution in [0.3, 0.4) is 0 Å². The Morgan fingerprint density at radius 2 is 1.86 bits per heavy atom. The van der Waals surface area contributed by atoms with Crippen molar-refractivity contribution in [3.05, 3.63) is 0 Å². The van der Waals surface area contributed by atoms with Gasteiger partial charge in [-0.15, -0.1) is 0 Å². The minimum atomic E-state index is -0.462. The second-order valence-corrected chi connectivity index (χ2v) is 7.89. The molecule has 4 atom stereocenters. The molecule has 0 bridgehead atoms. The lowest BCUT2D eigenvalue weighted by Gasteiger charge is -2.45. The number of ether oxygens (including phenoxy) is 1. The van der Waals surface area contributed by atoms with Crippen LogP contribution in [-0.2, 0) is 4.74 Å². The summed E-state index contributed by atoms with van der Waals surface area (Å²) in [5.74, 6) is 0.830. The van der Waals surface area contributed by atoms with Crippen molar-refractivity contribution in [3.63, 3.8) is 0 Å². The number of amides is 1. The first-order valence-electron chi connectivity index (χ1n) is 8.45. The van der Waals surface area contributed by atoms with E-state index in [1.54, 1.807) is 0 Å². The summed E-state index contributed by atoms with van der Waals surface area (Å²) < 4.78 is 5.57. The Balaban J connectivity index is 2.11. The maximum Gasteiger partial charge on any atom is 0.410 e. The third-order valence-corrected chi connectivity index (χ3v) is 4.81. The molecule has 0 radical (unpaired) electrons. The molecule has 2 aliphatic rings. The molecule has 1 saturated heterocycles. The van der Waals surface area contributed by atoms with Crippen LogP contribution in [0.15, 0.2) is 0 Å². The predicted octanol–water partition coefficient (Wildman–Crippen LogP) is 3.57. The first-order chi connectivity index (χ1) is 9.78. The first kappa shape index (κ1) is 16.6. The molecule has 21 heavy (non-hydrogen) atoms. The number of carbonyl (C=O) groups is 1. The van der Waals surface area contributed by atoms with Crippen molar-refractivity contribution in [2.75, 3.05) is 6.54 Å². The Labute approximate surface area is 128 Å². The van der Waals surface area contributed by atoms with Crippen molar-refractivity contribution in [1.82, 2.24) is 4.90 Å². The molecule has 0 aromatic carbocycles. The van der Waals surface area contributed by atoms with E-state index in [4.69, 9.17) is 4.74 Å². The molecular weight excluding hydrogens is 266 g/mol. The Hall–Kier alpha value is -0.770. The number of hydrogen-bond acceptors (Lipinski definition) is 3. The van der Waals surface area contributed by atoms with Crippen LogP contribution in [0.25, 0.3) is 0 Å². The van der Waals surface area contributed by atoms with Gasteiger partial charge in [0.05, 0.1) is 6.10 Å². The summed E-state index contributed by atoms with van der Waals surface area (Å²) >= 11 is 0. The largest absolute Gasteiger partial charge is 0.444 e. The molecule has 4 heteroatoms. The van der Waals surface area contributed by atoms with Gasteiger partial charge in [0.25, 0.3) is 0 Å². The number of aliphatic hydroxyl groups excluding tert-OH is 1. The monoisotopic (exact) mass is 297 g/mol. The lowest BCUT2D eigenvalue weighted by atomic mass is 9.76. The van der Waals surface area contributed by atoms with Gasteiger partial charge in [-0.2, -0.15) is 0 Å². The number of piperidine rings is 1. The van der Waals surface area contributed by atoms with Gasteiger partial charge in [-0.25, -0.2) is 4.79 Å². The van der Waals surface area contributed by atoms with Crippen molar-refractivity contribution in [1.29, 1.82) is 0 Å². The number of carbonyl (C=O) groups excluding carboxylic acids is 1. The molecule has 1 amide bonds. The maximum atomic E-state index is 12.5. The predicted molar refractivity (Wildman–Crippen MR) is 83.1 cm³/mol. The zero-order chi connectivity index (χ0) is 15.6. The number of hydrogen-bond donors (Lipinski definition) is 1. The van der Waals surface area contributed by atoms with Gasteiger partial charge in [0.2, 0.25) is 0 Å². The summed E-state index contributed by atoms with van der Waals surface area (Å²) in [6.45, 7) is 8.71. The highest BCUT2D eigenvalue weighted by Gasteiger charge is 2.40. The number of aliphatic hydroxyl groups is 1. The highest BCUT2D eigenvalue weighted by atomic mass is 16.6. The molecule has 1 heterocycles. The Morgan fingerprint density at radius 3 is 2.48 bits per heavy atom. The van der Waals surface area contributed by atoms with Crippen LogP contribution in [0.1, 0.15) is 66.2 Å². The lowest BCUT2D eigenvalue weighted by molar-refractivity contribution is -0.0334. The van der Waals surface area contributed by atoms with Crippen LogP contribution in [-0.4, -0.2) is 40.4 Å². The van der Waals surface area contributed by atoms with E-state index in [0.29, 0.717) is 5.92 Å². The smallest absolute Gasteiger partial charge is 0.410 e. The van der Waals surface area contributed by atoms with E-state index in [1.807, 2.05) is 25.7 Å². The van der Waals surface area contributed by atoms with Gasteiger partial charge in [-0.05, 0) is 52.4 Å². The molecular formula is C17H31NO3. The van der Waals surface area contributed by atoms with E-state index >= 15 is 0 Å². The van der Waals surface area contributed by atoms with Crippen LogP contribution in [0.2, 0.25) is 0 Å². The standard InChI is InChI=1S/C17H31NO3/c1-12-9-10-18(16(20)21-17(2,3)4)14(11-12)13-7-5-6-8-15(13)19/h12-15,19H,5-11H2,1-4H3. The Kier molecular flexibility index (Phi) is 5.18. The second kappa shape index (κ2) is 6.55. The average Bonchev–Trinajstić information content (AvgIpc) is 2.37. The van der Waals surface area contributed by atoms with Gasteiger partial charge in [0.15, 0.2) is 0 Å². The summed E-state index contributed by atoms with van der Waals surface area (Å²) in [4.78, 5) is 14.4. The Morgan fingerprint density at radius 1 is 1.19 bits per heavy atom. The Bertz CT molecular complexity index is 364. The molecule has 1 saturated carbocycles. The maximum absolute atomic E-state index is 12.5. The summed E-state index contributed by atoms with van der Waals surface area (Å²) in [6.07, 6.45) is 5.70. The molecule has 0 aromatic heterocycles. The van der Waals surface area contributed by atoms with Crippen molar-refractivity contribution in [2.45, 2.75) is 84.0 Å². The first-order valence-corrected chi connectivity index (χ1v) is 8.45. The third kappa shape index (κ3) is 4.35. The zero-order valence-electron chi connectivity index (χ0n) is 14.0. The molecule has 0 aromatic rings. The van der Waals surface area contributed by atoms with Gasteiger partial charge >= 0.3 is 6.09 Å². The summed E-state index contributed by atoms with van der Waals surface area (Å²) in [6, 6.07) is 0.138. The van der Waals surface area contributed by atoms with Crippen LogP contribution in [0.4, 0.5) is 4.79 Å². The van der Waals surface area contributed by atoms with Crippen LogP contribution < -0.4 is 0 Å². The van der Waals surface area contributed by atoms with Gasteiger partial charge in [-0.3, -0.25) is 0 Å². The van der Waals surface area contributed by atoms with Crippen LogP contribution in [0.5, 0.6) is 0 Å². The fourth-order valence-corrected chi connectivity index (χ4v) is 3.72. The van der Waals surface area contributed by atoms with Gasteiger partial charge < -0.3 is 14.7 Å². The quantitative estimate of drug-likeness (QED) is 0.805. The molecule has 122 valence electrons. The van der Waals surface area contributed by atoms with Gasteiger partial charge in [0.1, 0.15) is 5.60 Å². The summed E-state index contributed by atoms with van der Waals surface area (Å²) in [7, 11) is 0. The lowest BCUT2D eigenvalue weighted by Crippen LogP contribution is -2.53. The number of nitrogens with zero attached hydrogens (tertiary/aromatic N) is 1. The van der Waals surface area contributed by atoms with E-state index in [-0.39, 0.29) is 24.2 Å². The van der Waals surface area contributed by atoms with E-state index in [2.05, 4.69) is 6.92 Å².